The number of allylic oxidation sites excluding steroid dienone is 1. The maximum Gasteiger partial charge on any atom is 0.424 e. The number of esters is 1. The Bertz CT molecular complexity index is 1210. The van der Waals surface area contributed by atoms with Gasteiger partial charge in [0.2, 0.25) is 0 Å². The van der Waals surface area contributed by atoms with Crippen LogP contribution in [0.2, 0.25) is 0 Å². The first kappa shape index (κ1) is 25.3. The van der Waals surface area contributed by atoms with Gasteiger partial charge < -0.3 is 14.2 Å². The lowest BCUT2D eigenvalue weighted by atomic mass is 9.93. The molecule has 0 aliphatic carbocycles. The topological polar surface area (TPSA) is 121 Å². The predicted molar refractivity (Wildman–Crippen MR) is 118 cm³/mol. The van der Waals surface area contributed by atoms with E-state index in [-0.39, 0.29) is 47.3 Å². The second-order valence-corrected chi connectivity index (χ2v) is 7.10. The molecule has 1 aliphatic rings. The number of carbonyl (C=O) groups is 2. The van der Waals surface area contributed by atoms with Gasteiger partial charge in [-0.1, -0.05) is 13.0 Å². The van der Waals surface area contributed by atoms with Crippen molar-refractivity contribution in [1.82, 2.24) is 4.90 Å². The van der Waals surface area contributed by atoms with Crippen LogP contribution in [0.3, 0.4) is 0 Å². The standard InChI is InChI=1S/C23H21F2N3O7/c1-4-18-19(21(29)33-3)20(13-6-11-16(24)17(25)12-13)27(22(26-18)34-5-2)23(30)35-15-9-7-14(8-10-15)28(31)32/h6-12,20H,4-5H2,1-3H3. The number of amidine groups is 1. The van der Waals surface area contributed by atoms with Crippen molar-refractivity contribution >= 4 is 23.8 Å². The van der Waals surface area contributed by atoms with E-state index in [0.29, 0.717) is 0 Å². The number of ether oxygens (including phenoxy) is 3. The van der Waals surface area contributed by atoms with E-state index in [1.807, 2.05) is 0 Å². The highest BCUT2D eigenvalue weighted by Gasteiger charge is 2.43. The molecule has 1 heterocycles. The largest absolute Gasteiger partial charge is 0.466 e. The van der Waals surface area contributed by atoms with Crippen LogP contribution in [0.5, 0.6) is 5.75 Å². The summed E-state index contributed by atoms with van der Waals surface area (Å²) in [6, 6.07) is 6.03. The highest BCUT2D eigenvalue weighted by atomic mass is 19.2. The fraction of sp³-hybridized carbons (Fsp3) is 0.261. The number of benzene rings is 2. The Morgan fingerprint density at radius 1 is 1.11 bits per heavy atom. The van der Waals surface area contributed by atoms with Gasteiger partial charge in [-0.15, -0.1) is 0 Å². The van der Waals surface area contributed by atoms with Gasteiger partial charge in [0.05, 0.1) is 29.9 Å². The van der Waals surface area contributed by atoms with Gasteiger partial charge in [0.15, 0.2) is 11.6 Å². The van der Waals surface area contributed by atoms with Crippen molar-refractivity contribution in [2.75, 3.05) is 13.7 Å². The zero-order valence-electron chi connectivity index (χ0n) is 19.0. The molecule has 0 fully saturated rings. The second-order valence-electron chi connectivity index (χ2n) is 7.10. The van der Waals surface area contributed by atoms with Crippen LogP contribution in [0.4, 0.5) is 19.3 Å². The van der Waals surface area contributed by atoms with Crippen LogP contribution in [0, 0.1) is 21.7 Å². The zero-order valence-corrected chi connectivity index (χ0v) is 19.0. The Labute approximate surface area is 198 Å². The third-order valence-corrected chi connectivity index (χ3v) is 5.00. The first-order valence-electron chi connectivity index (χ1n) is 10.4. The number of hydrogen-bond acceptors (Lipinski definition) is 8. The molecule has 1 unspecified atom stereocenters. The molecule has 0 spiro atoms. The summed E-state index contributed by atoms with van der Waals surface area (Å²) < 4.78 is 43.7. The monoisotopic (exact) mass is 489 g/mol. The Hall–Kier alpha value is -4.35. The SMILES string of the molecule is CCOC1=NC(CC)=C(C(=O)OC)C(c2ccc(F)c(F)c2)N1C(=O)Oc1ccc([N+](=O)[O-])cc1. The summed E-state index contributed by atoms with van der Waals surface area (Å²) in [6.07, 6.45) is -0.857. The summed E-state index contributed by atoms with van der Waals surface area (Å²) in [5.41, 5.74) is -0.0648. The van der Waals surface area contributed by atoms with E-state index in [1.165, 1.54) is 18.2 Å². The molecule has 1 atom stereocenters. The van der Waals surface area contributed by atoms with Gasteiger partial charge >= 0.3 is 18.1 Å². The lowest BCUT2D eigenvalue weighted by Crippen LogP contribution is -2.47. The number of nitro benzene ring substituents is 1. The van der Waals surface area contributed by atoms with Crippen LogP contribution in [0.15, 0.2) is 58.7 Å². The summed E-state index contributed by atoms with van der Waals surface area (Å²) in [5, 5.41) is 10.9. The summed E-state index contributed by atoms with van der Waals surface area (Å²) >= 11 is 0. The van der Waals surface area contributed by atoms with Gasteiger partial charge in [0, 0.05) is 12.1 Å². The number of carbonyl (C=O) groups excluding carboxylic acids is 2. The molecule has 0 aromatic heterocycles. The molecule has 0 N–H and O–H groups in total. The van der Waals surface area contributed by atoms with Crippen LogP contribution in [0.1, 0.15) is 31.9 Å². The van der Waals surface area contributed by atoms with Crippen LogP contribution >= 0.6 is 0 Å². The molecule has 0 bridgehead atoms. The minimum Gasteiger partial charge on any atom is -0.466 e. The van der Waals surface area contributed by atoms with Crippen LogP contribution < -0.4 is 4.74 Å². The Morgan fingerprint density at radius 2 is 1.80 bits per heavy atom. The van der Waals surface area contributed by atoms with Gasteiger partial charge in [0.25, 0.3) is 5.69 Å². The molecule has 3 rings (SSSR count). The average Bonchev–Trinajstić information content (AvgIpc) is 2.84. The fourth-order valence-corrected chi connectivity index (χ4v) is 3.43. The number of hydrogen-bond donors (Lipinski definition) is 0. The molecule has 1 amide bonds. The Morgan fingerprint density at radius 3 is 2.34 bits per heavy atom. The van der Waals surface area contributed by atoms with Crippen LogP contribution in [-0.2, 0) is 14.3 Å². The summed E-state index contributed by atoms with van der Waals surface area (Å²) in [6.45, 7) is 3.42. The van der Waals surface area contributed by atoms with Crippen molar-refractivity contribution in [3.63, 3.8) is 0 Å². The minimum absolute atomic E-state index is 0.0306. The molecule has 0 radical (unpaired) electrons. The zero-order chi connectivity index (χ0) is 25.7. The molecule has 12 heteroatoms. The number of rotatable bonds is 6. The van der Waals surface area contributed by atoms with Crippen molar-refractivity contribution < 1.29 is 37.5 Å². The van der Waals surface area contributed by atoms with Gasteiger partial charge in [-0.25, -0.2) is 28.3 Å². The maximum atomic E-state index is 14.2. The van der Waals surface area contributed by atoms with Gasteiger partial charge in [-0.2, -0.15) is 0 Å². The Kier molecular flexibility index (Phi) is 7.74. The first-order chi connectivity index (χ1) is 16.7. The van der Waals surface area contributed by atoms with Crippen molar-refractivity contribution in [3.05, 3.63) is 81.0 Å². The van der Waals surface area contributed by atoms with E-state index < -0.39 is 34.7 Å². The smallest absolute Gasteiger partial charge is 0.424 e. The summed E-state index contributed by atoms with van der Waals surface area (Å²) in [7, 11) is 1.13. The molecule has 2 aromatic rings. The number of methoxy groups -OCH3 is 1. The van der Waals surface area contributed by atoms with Crippen molar-refractivity contribution in [2.45, 2.75) is 26.3 Å². The van der Waals surface area contributed by atoms with Gasteiger partial charge in [0.1, 0.15) is 11.8 Å². The van der Waals surface area contributed by atoms with E-state index in [0.717, 1.165) is 36.3 Å². The fourth-order valence-electron chi connectivity index (χ4n) is 3.43. The molecule has 10 nitrogen and oxygen atoms in total. The minimum atomic E-state index is -1.34. The molecular weight excluding hydrogens is 468 g/mol. The molecule has 35 heavy (non-hydrogen) atoms. The molecule has 1 aliphatic heterocycles. The van der Waals surface area contributed by atoms with E-state index >= 15 is 0 Å². The molecule has 0 saturated heterocycles. The molecule has 2 aromatic carbocycles. The normalized spacial score (nSPS) is 15.4. The third kappa shape index (κ3) is 5.26. The van der Waals surface area contributed by atoms with E-state index in [4.69, 9.17) is 14.2 Å². The van der Waals surface area contributed by atoms with Crippen molar-refractivity contribution in [3.8, 4) is 5.75 Å². The summed E-state index contributed by atoms with van der Waals surface area (Å²) in [5.74, 6) is -3.22. The maximum absolute atomic E-state index is 14.2. The Balaban J connectivity index is 2.14. The quantitative estimate of drug-likeness (QED) is 0.329. The van der Waals surface area contributed by atoms with Gasteiger partial charge in [-0.05, 0) is 43.2 Å². The molecule has 184 valence electrons. The van der Waals surface area contributed by atoms with E-state index in [2.05, 4.69) is 4.99 Å². The number of aliphatic imine (C=N–C) groups is 1. The number of non-ortho nitro benzene ring substituents is 1. The highest BCUT2D eigenvalue weighted by Crippen LogP contribution is 2.38. The molecular formula is C23H21F2N3O7. The predicted octanol–water partition coefficient (Wildman–Crippen LogP) is 4.66. The van der Waals surface area contributed by atoms with E-state index in [1.54, 1.807) is 13.8 Å². The number of nitro groups is 1. The summed E-state index contributed by atoms with van der Waals surface area (Å²) in [4.78, 5) is 41.5. The van der Waals surface area contributed by atoms with Crippen LogP contribution in [0.25, 0.3) is 0 Å². The van der Waals surface area contributed by atoms with Crippen molar-refractivity contribution in [1.29, 1.82) is 0 Å². The van der Waals surface area contributed by atoms with Gasteiger partial charge in [-0.3, -0.25) is 10.1 Å². The highest BCUT2D eigenvalue weighted by molar-refractivity contribution is 6.00. The lowest BCUT2D eigenvalue weighted by Gasteiger charge is -2.35. The van der Waals surface area contributed by atoms with Crippen LogP contribution in [-0.4, -0.2) is 41.6 Å². The average molecular weight is 489 g/mol. The first-order valence-corrected chi connectivity index (χ1v) is 10.4. The van der Waals surface area contributed by atoms with E-state index in [9.17, 15) is 28.5 Å². The third-order valence-electron chi connectivity index (χ3n) is 5.00. The number of nitrogens with zero attached hydrogens (tertiary/aromatic N) is 3. The molecule has 0 saturated carbocycles. The lowest BCUT2D eigenvalue weighted by molar-refractivity contribution is -0.384. The van der Waals surface area contributed by atoms with Crippen molar-refractivity contribution in [2.24, 2.45) is 4.99 Å². The number of halogens is 2. The second kappa shape index (κ2) is 10.7. The number of amides is 1.